The molecule has 0 saturated heterocycles. The molecule has 1 aliphatic heterocycles. The summed E-state index contributed by atoms with van der Waals surface area (Å²) in [6, 6.07) is 2.26. The van der Waals surface area contributed by atoms with Crippen molar-refractivity contribution < 1.29 is 0 Å². The fourth-order valence-electron chi connectivity index (χ4n) is 2.31. The first-order chi connectivity index (χ1) is 9.83. The molecule has 0 aliphatic carbocycles. The van der Waals surface area contributed by atoms with Crippen LogP contribution in [0.4, 0.5) is 0 Å². The zero-order valence-corrected chi connectivity index (χ0v) is 15.7. The van der Waals surface area contributed by atoms with Gasteiger partial charge in [0.15, 0.2) is 5.96 Å². The van der Waals surface area contributed by atoms with Crippen molar-refractivity contribution in [3.63, 3.8) is 0 Å². The number of guanidine groups is 1. The summed E-state index contributed by atoms with van der Waals surface area (Å²) in [6.45, 7) is 11.5. The molecule has 2 rings (SSSR count). The van der Waals surface area contributed by atoms with E-state index in [1.807, 2.05) is 17.4 Å². The Labute approximate surface area is 148 Å². The summed E-state index contributed by atoms with van der Waals surface area (Å²) in [6.07, 6.45) is 3.03. The van der Waals surface area contributed by atoms with E-state index in [1.54, 1.807) is 4.88 Å². The van der Waals surface area contributed by atoms with Crippen molar-refractivity contribution in [3.05, 3.63) is 34.5 Å². The van der Waals surface area contributed by atoms with Crippen LogP contribution in [-0.4, -0.2) is 43.6 Å². The van der Waals surface area contributed by atoms with E-state index in [9.17, 15) is 0 Å². The number of rotatable bonds is 6. The van der Waals surface area contributed by atoms with E-state index in [-0.39, 0.29) is 24.0 Å². The average Bonchev–Trinajstić information content (AvgIpc) is 2.92. The lowest BCUT2D eigenvalue weighted by atomic mass is 10.1. The molecule has 0 aromatic carbocycles. The molecule has 6 heteroatoms. The molecular weight excluding hydrogens is 395 g/mol. The third kappa shape index (κ3) is 5.96. The lowest BCUT2D eigenvalue weighted by molar-refractivity contribution is 0.263. The highest BCUT2D eigenvalue weighted by atomic mass is 127. The number of thiophene rings is 1. The standard InChI is InChI=1S/C15H24N4S.HI/c1-3-7-17-15(16-4-2)18-8-10-19-9-5-14-13(12-19)6-11-20-14;/h3,6,11H,1,4-5,7-10,12H2,2H3,(H2,16,17,18);1H. The van der Waals surface area contributed by atoms with Crippen molar-refractivity contribution in [3.8, 4) is 0 Å². The molecule has 2 N–H and O–H groups in total. The van der Waals surface area contributed by atoms with Gasteiger partial charge in [-0.25, -0.2) is 0 Å². The van der Waals surface area contributed by atoms with Gasteiger partial charge >= 0.3 is 0 Å². The Balaban J connectivity index is 0.00000220. The molecule has 0 unspecified atom stereocenters. The van der Waals surface area contributed by atoms with E-state index in [0.717, 1.165) is 45.2 Å². The smallest absolute Gasteiger partial charge is 0.191 e. The SMILES string of the molecule is C=CCNC(=NCCN1CCc2sccc2C1)NCC.I. The van der Waals surface area contributed by atoms with Gasteiger partial charge in [-0.05, 0) is 30.4 Å². The molecule has 1 aromatic rings. The highest BCUT2D eigenvalue weighted by Crippen LogP contribution is 2.23. The molecule has 0 radical (unpaired) electrons. The van der Waals surface area contributed by atoms with Gasteiger partial charge in [-0.3, -0.25) is 9.89 Å². The van der Waals surface area contributed by atoms with E-state index in [4.69, 9.17) is 0 Å². The summed E-state index contributed by atoms with van der Waals surface area (Å²) < 4.78 is 0. The van der Waals surface area contributed by atoms with E-state index in [2.05, 4.69) is 45.5 Å². The molecule has 0 bridgehead atoms. The maximum Gasteiger partial charge on any atom is 0.191 e. The van der Waals surface area contributed by atoms with Crippen LogP contribution in [0.3, 0.4) is 0 Å². The molecule has 118 valence electrons. The van der Waals surface area contributed by atoms with Crippen LogP contribution in [0.2, 0.25) is 0 Å². The van der Waals surface area contributed by atoms with E-state index >= 15 is 0 Å². The molecule has 0 amide bonds. The minimum absolute atomic E-state index is 0. The molecule has 4 nitrogen and oxygen atoms in total. The van der Waals surface area contributed by atoms with Crippen LogP contribution in [0.15, 0.2) is 29.1 Å². The molecule has 1 aromatic heterocycles. The quantitative estimate of drug-likeness (QED) is 0.322. The number of fused-ring (bicyclic) bond motifs is 1. The van der Waals surface area contributed by atoms with Crippen molar-refractivity contribution in [2.75, 3.05) is 32.7 Å². The Kier molecular flexibility index (Phi) is 8.94. The fraction of sp³-hybridized carbons (Fsp3) is 0.533. The monoisotopic (exact) mass is 420 g/mol. The molecule has 0 saturated carbocycles. The summed E-state index contributed by atoms with van der Waals surface area (Å²) in [7, 11) is 0. The Hall–Kier alpha value is -0.600. The van der Waals surface area contributed by atoms with Crippen LogP contribution in [0, 0.1) is 0 Å². The number of hydrogen-bond donors (Lipinski definition) is 2. The zero-order valence-electron chi connectivity index (χ0n) is 12.6. The largest absolute Gasteiger partial charge is 0.357 e. The van der Waals surface area contributed by atoms with Gasteiger partial charge in [-0.2, -0.15) is 0 Å². The second-order valence-electron chi connectivity index (χ2n) is 4.83. The van der Waals surface area contributed by atoms with Crippen molar-refractivity contribution >= 4 is 41.3 Å². The number of aliphatic imine (C=N–C) groups is 1. The van der Waals surface area contributed by atoms with E-state index in [1.165, 1.54) is 12.0 Å². The van der Waals surface area contributed by atoms with Gasteiger partial charge in [0, 0.05) is 37.6 Å². The van der Waals surface area contributed by atoms with Gasteiger partial charge < -0.3 is 10.6 Å². The predicted octanol–water partition coefficient (Wildman–Crippen LogP) is 2.47. The summed E-state index contributed by atoms with van der Waals surface area (Å²) in [5, 5.41) is 8.67. The first kappa shape index (κ1) is 18.4. The lowest BCUT2D eigenvalue weighted by Crippen LogP contribution is -2.38. The van der Waals surface area contributed by atoms with Crippen molar-refractivity contribution in [1.29, 1.82) is 0 Å². The molecular formula is C15H25IN4S. The number of nitrogens with one attached hydrogen (secondary N) is 2. The highest BCUT2D eigenvalue weighted by Gasteiger charge is 2.16. The van der Waals surface area contributed by atoms with Gasteiger partial charge in [0.1, 0.15) is 0 Å². The van der Waals surface area contributed by atoms with Crippen LogP contribution in [0.1, 0.15) is 17.4 Å². The Bertz CT molecular complexity index is 458. The fourth-order valence-corrected chi connectivity index (χ4v) is 3.20. The summed E-state index contributed by atoms with van der Waals surface area (Å²) >= 11 is 1.89. The van der Waals surface area contributed by atoms with E-state index < -0.39 is 0 Å². The summed E-state index contributed by atoms with van der Waals surface area (Å²) in [5.41, 5.74) is 1.50. The van der Waals surface area contributed by atoms with Gasteiger partial charge in [0.2, 0.25) is 0 Å². The third-order valence-corrected chi connectivity index (χ3v) is 4.35. The lowest BCUT2D eigenvalue weighted by Gasteiger charge is -2.26. The van der Waals surface area contributed by atoms with Crippen molar-refractivity contribution in [2.45, 2.75) is 19.9 Å². The van der Waals surface area contributed by atoms with Gasteiger partial charge in [-0.15, -0.1) is 41.9 Å². The van der Waals surface area contributed by atoms with Crippen LogP contribution >= 0.6 is 35.3 Å². The Morgan fingerprint density at radius 2 is 2.38 bits per heavy atom. The number of hydrogen-bond acceptors (Lipinski definition) is 3. The molecule has 21 heavy (non-hydrogen) atoms. The first-order valence-corrected chi connectivity index (χ1v) is 8.12. The van der Waals surface area contributed by atoms with Crippen LogP contribution in [-0.2, 0) is 13.0 Å². The zero-order chi connectivity index (χ0) is 14.2. The minimum atomic E-state index is 0. The molecule has 2 heterocycles. The van der Waals surface area contributed by atoms with Crippen molar-refractivity contribution in [1.82, 2.24) is 15.5 Å². The highest BCUT2D eigenvalue weighted by molar-refractivity contribution is 14.0. The minimum Gasteiger partial charge on any atom is -0.357 e. The van der Waals surface area contributed by atoms with Crippen LogP contribution in [0.25, 0.3) is 0 Å². The Morgan fingerprint density at radius 1 is 1.52 bits per heavy atom. The van der Waals surface area contributed by atoms with Crippen LogP contribution in [0.5, 0.6) is 0 Å². The maximum absolute atomic E-state index is 4.60. The maximum atomic E-state index is 4.60. The Morgan fingerprint density at radius 3 is 3.14 bits per heavy atom. The second kappa shape index (κ2) is 10.2. The summed E-state index contributed by atoms with van der Waals surface area (Å²) in [4.78, 5) is 8.64. The number of halogens is 1. The third-order valence-electron chi connectivity index (χ3n) is 3.33. The normalized spacial score (nSPS) is 15.0. The van der Waals surface area contributed by atoms with Gasteiger partial charge in [0.05, 0.1) is 6.54 Å². The first-order valence-electron chi connectivity index (χ1n) is 7.24. The number of nitrogens with zero attached hydrogens (tertiary/aromatic N) is 2. The van der Waals surface area contributed by atoms with Crippen molar-refractivity contribution in [2.24, 2.45) is 4.99 Å². The second-order valence-corrected chi connectivity index (χ2v) is 5.83. The molecule has 0 fully saturated rings. The van der Waals surface area contributed by atoms with Crippen LogP contribution < -0.4 is 10.6 Å². The van der Waals surface area contributed by atoms with Gasteiger partial charge in [-0.1, -0.05) is 6.08 Å². The molecule has 0 spiro atoms. The van der Waals surface area contributed by atoms with Gasteiger partial charge in [0.25, 0.3) is 0 Å². The van der Waals surface area contributed by atoms with E-state index in [0.29, 0.717) is 0 Å². The predicted molar refractivity (Wildman–Crippen MR) is 103 cm³/mol. The topological polar surface area (TPSA) is 39.7 Å². The molecule has 1 aliphatic rings. The summed E-state index contributed by atoms with van der Waals surface area (Å²) in [5.74, 6) is 0.876. The molecule has 0 atom stereocenters. The average molecular weight is 420 g/mol.